The number of Topliss-reactive ketones (excluding diaryl/α,β-unsaturated/α-hetero) is 1. The average molecular weight is 438 g/mol. The number of hydrogen-bond donors (Lipinski definition) is 2. The number of fused-ring (bicyclic) bond motifs is 1. The third kappa shape index (κ3) is 2.79. The smallest absolute Gasteiger partial charge is 0.262 e. The lowest BCUT2D eigenvalue weighted by atomic mass is 9.82. The molecule has 1 amide bonds. The quantitative estimate of drug-likeness (QED) is 0.765. The number of carbonyl (C=O) groups is 2. The minimum Gasteiger partial charge on any atom is -0.382 e. The van der Waals surface area contributed by atoms with E-state index in [0.29, 0.717) is 22.9 Å². The van der Waals surface area contributed by atoms with Gasteiger partial charge >= 0.3 is 0 Å². The van der Waals surface area contributed by atoms with Crippen LogP contribution >= 0.6 is 15.9 Å². The summed E-state index contributed by atoms with van der Waals surface area (Å²) in [6.07, 6.45) is 5.77. The lowest BCUT2D eigenvalue weighted by Crippen LogP contribution is -2.51. The zero-order chi connectivity index (χ0) is 19.3. The summed E-state index contributed by atoms with van der Waals surface area (Å²) in [7, 11) is 0. The lowest BCUT2D eigenvalue weighted by Gasteiger charge is -2.38. The Balaban J connectivity index is 1.62. The number of benzene rings is 2. The molecule has 2 aliphatic heterocycles. The summed E-state index contributed by atoms with van der Waals surface area (Å²) in [5.41, 5.74) is 3.37. The molecule has 0 aromatic heterocycles. The Kier molecular flexibility index (Phi) is 4.33. The van der Waals surface area contributed by atoms with Crippen molar-refractivity contribution in [2.75, 3.05) is 23.3 Å². The molecule has 6 heteroatoms. The van der Waals surface area contributed by atoms with Gasteiger partial charge in [0.1, 0.15) is 6.04 Å². The van der Waals surface area contributed by atoms with E-state index in [1.165, 1.54) is 0 Å². The number of nitrogens with zero attached hydrogens (tertiary/aromatic N) is 1. The van der Waals surface area contributed by atoms with Crippen molar-refractivity contribution >= 4 is 45.1 Å². The predicted octanol–water partition coefficient (Wildman–Crippen LogP) is 3.85. The summed E-state index contributed by atoms with van der Waals surface area (Å²) in [6.45, 7) is 1.92. The highest BCUT2D eigenvalue weighted by Crippen LogP contribution is 2.39. The molecule has 0 radical (unpaired) electrons. The molecule has 2 aromatic rings. The van der Waals surface area contributed by atoms with Crippen molar-refractivity contribution < 1.29 is 9.59 Å². The van der Waals surface area contributed by atoms with Gasteiger partial charge in [-0.25, -0.2) is 0 Å². The molecule has 2 bridgehead atoms. The van der Waals surface area contributed by atoms with E-state index in [0.717, 1.165) is 41.7 Å². The number of carbonyl (C=O) groups excluding carboxylic acids is 2. The molecule has 142 valence electrons. The summed E-state index contributed by atoms with van der Waals surface area (Å²) < 4.78 is 0.873. The Morgan fingerprint density at radius 2 is 1.89 bits per heavy atom. The van der Waals surface area contributed by atoms with Gasteiger partial charge in [-0.2, -0.15) is 0 Å². The topological polar surface area (TPSA) is 61.4 Å². The van der Waals surface area contributed by atoms with Gasteiger partial charge in [0.2, 0.25) is 0 Å². The van der Waals surface area contributed by atoms with E-state index in [-0.39, 0.29) is 11.7 Å². The van der Waals surface area contributed by atoms with E-state index >= 15 is 0 Å². The standard InChI is InChI=1S/C22H20BrN3O2/c23-14-2-1-3-16(12-14)26-18-7-5-13-4-6-17(25-15-8-10-24-11-9-15)20(22(26)28)19(13)21(18)27/h1-7,12,15,18,24-25H,8-11H2. The van der Waals surface area contributed by atoms with Crippen molar-refractivity contribution in [3.8, 4) is 0 Å². The van der Waals surface area contributed by atoms with E-state index in [2.05, 4.69) is 26.6 Å². The number of rotatable bonds is 3. The van der Waals surface area contributed by atoms with Crippen molar-refractivity contribution in [2.45, 2.75) is 24.9 Å². The largest absolute Gasteiger partial charge is 0.382 e. The van der Waals surface area contributed by atoms with Gasteiger partial charge in [-0.05, 0) is 55.8 Å². The molecule has 1 atom stereocenters. The molecule has 2 heterocycles. The summed E-state index contributed by atoms with van der Waals surface area (Å²) in [5.74, 6) is -0.138. The molecule has 5 rings (SSSR count). The third-order valence-corrected chi connectivity index (χ3v) is 6.20. The number of amides is 1. The maximum Gasteiger partial charge on any atom is 0.262 e. The molecule has 1 fully saturated rings. The van der Waals surface area contributed by atoms with Gasteiger partial charge in [-0.15, -0.1) is 0 Å². The first-order chi connectivity index (χ1) is 13.6. The van der Waals surface area contributed by atoms with Gasteiger partial charge in [0.05, 0.1) is 5.56 Å². The van der Waals surface area contributed by atoms with Crippen LogP contribution in [-0.4, -0.2) is 36.9 Å². The molecule has 2 aromatic carbocycles. The van der Waals surface area contributed by atoms with Crippen LogP contribution in [0.5, 0.6) is 0 Å². The second kappa shape index (κ2) is 6.87. The van der Waals surface area contributed by atoms with Crippen molar-refractivity contribution in [1.29, 1.82) is 0 Å². The van der Waals surface area contributed by atoms with Crippen LogP contribution in [0, 0.1) is 0 Å². The Morgan fingerprint density at radius 1 is 1.07 bits per heavy atom. The van der Waals surface area contributed by atoms with E-state index in [1.807, 2.05) is 48.6 Å². The van der Waals surface area contributed by atoms with Crippen LogP contribution < -0.4 is 15.5 Å². The Labute approximate surface area is 171 Å². The predicted molar refractivity (Wildman–Crippen MR) is 114 cm³/mol. The van der Waals surface area contributed by atoms with Crippen molar-refractivity contribution in [1.82, 2.24) is 5.32 Å². The summed E-state index contributed by atoms with van der Waals surface area (Å²) in [4.78, 5) is 28.5. The van der Waals surface area contributed by atoms with Gasteiger partial charge in [-0.1, -0.05) is 40.2 Å². The molecule has 5 nitrogen and oxygen atoms in total. The molecule has 0 saturated carbocycles. The molecule has 1 unspecified atom stereocenters. The first-order valence-electron chi connectivity index (χ1n) is 9.59. The number of hydrogen-bond acceptors (Lipinski definition) is 4. The van der Waals surface area contributed by atoms with Gasteiger partial charge in [-0.3, -0.25) is 14.5 Å². The van der Waals surface area contributed by atoms with Crippen molar-refractivity contribution in [3.63, 3.8) is 0 Å². The molecule has 0 spiro atoms. The van der Waals surface area contributed by atoms with Gasteiger partial charge in [0.25, 0.3) is 5.91 Å². The molecular formula is C22H20BrN3O2. The molecule has 1 aliphatic carbocycles. The number of ketones is 1. The first kappa shape index (κ1) is 17.6. The zero-order valence-corrected chi connectivity index (χ0v) is 16.8. The summed E-state index contributed by atoms with van der Waals surface area (Å²) in [6, 6.07) is 11.1. The fourth-order valence-corrected chi connectivity index (χ4v) is 4.72. The van der Waals surface area contributed by atoms with E-state index in [4.69, 9.17) is 0 Å². The maximum atomic E-state index is 13.6. The number of nitrogens with one attached hydrogen (secondary N) is 2. The number of piperidine rings is 1. The Hall–Kier alpha value is -2.44. The van der Waals surface area contributed by atoms with Crippen LogP contribution in [0.4, 0.5) is 11.4 Å². The number of halogens is 1. The Bertz CT molecular complexity index is 1010. The van der Waals surface area contributed by atoms with E-state index in [1.54, 1.807) is 4.90 Å². The van der Waals surface area contributed by atoms with Crippen LogP contribution in [-0.2, 0) is 0 Å². The van der Waals surface area contributed by atoms with E-state index < -0.39 is 6.04 Å². The van der Waals surface area contributed by atoms with Gasteiger partial charge in [0.15, 0.2) is 5.78 Å². The minimum atomic E-state index is -0.587. The SMILES string of the molecule is O=C1c2c3ccc(NC4CCNCC4)c2C(=O)N(c2cccc(Br)c2)C1C=C3. The average Bonchev–Trinajstić information content (AvgIpc) is 2.70. The Morgan fingerprint density at radius 3 is 2.68 bits per heavy atom. The third-order valence-electron chi connectivity index (χ3n) is 5.71. The van der Waals surface area contributed by atoms with Crippen molar-refractivity contribution in [2.24, 2.45) is 0 Å². The normalized spacial score (nSPS) is 21.2. The van der Waals surface area contributed by atoms with Crippen LogP contribution in [0.2, 0.25) is 0 Å². The maximum absolute atomic E-state index is 13.6. The van der Waals surface area contributed by atoms with Crippen LogP contribution in [0.3, 0.4) is 0 Å². The van der Waals surface area contributed by atoms with Crippen molar-refractivity contribution in [3.05, 3.63) is 63.6 Å². The highest BCUT2D eigenvalue weighted by atomic mass is 79.9. The lowest BCUT2D eigenvalue weighted by molar-refractivity contribution is 0.0885. The zero-order valence-electron chi connectivity index (χ0n) is 15.2. The van der Waals surface area contributed by atoms with Gasteiger partial charge in [0, 0.05) is 27.5 Å². The molecule has 1 saturated heterocycles. The van der Waals surface area contributed by atoms with Crippen LogP contribution in [0.25, 0.3) is 6.08 Å². The first-order valence-corrected chi connectivity index (χ1v) is 10.4. The highest BCUT2D eigenvalue weighted by Gasteiger charge is 2.43. The van der Waals surface area contributed by atoms with Crippen LogP contribution in [0.1, 0.15) is 39.1 Å². The highest BCUT2D eigenvalue weighted by molar-refractivity contribution is 9.10. The van der Waals surface area contributed by atoms with Gasteiger partial charge < -0.3 is 10.6 Å². The second-order valence-corrected chi connectivity index (χ2v) is 8.36. The number of anilines is 2. The molecule has 28 heavy (non-hydrogen) atoms. The fourth-order valence-electron chi connectivity index (χ4n) is 4.34. The molecule has 2 N–H and O–H groups in total. The summed E-state index contributed by atoms with van der Waals surface area (Å²) >= 11 is 3.47. The minimum absolute atomic E-state index is 0.0129. The monoisotopic (exact) mass is 437 g/mol. The molecular weight excluding hydrogens is 418 g/mol. The van der Waals surface area contributed by atoms with Crippen LogP contribution in [0.15, 0.2) is 46.9 Å². The molecule has 3 aliphatic rings. The summed E-state index contributed by atoms with van der Waals surface area (Å²) in [5, 5.41) is 6.89. The second-order valence-electron chi connectivity index (χ2n) is 7.44. The van der Waals surface area contributed by atoms with E-state index in [9.17, 15) is 9.59 Å². The fraction of sp³-hybridized carbons (Fsp3) is 0.273.